The van der Waals surface area contributed by atoms with Gasteiger partial charge in [-0.1, -0.05) is 6.07 Å². The Morgan fingerprint density at radius 1 is 1.19 bits per heavy atom. The highest BCUT2D eigenvalue weighted by Crippen LogP contribution is 2.28. The molecule has 0 saturated heterocycles. The molecular formula is C23H36N6O3. The summed E-state index contributed by atoms with van der Waals surface area (Å²) in [5.74, 6) is 4.17. The summed E-state index contributed by atoms with van der Waals surface area (Å²) in [6.07, 6.45) is 2.70. The molecule has 2 N–H and O–H groups in total. The van der Waals surface area contributed by atoms with Crippen LogP contribution in [0.25, 0.3) is 0 Å². The first kappa shape index (κ1) is 23.8. The molecule has 1 aromatic heterocycles. The van der Waals surface area contributed by atoms with E-state index in [4.69, 9.17) is 19.2 Å². The third-order valence-corrected chi connectivity index (χ3v) is 5.14. The lowest BCUT2D eigenvalue weighted by atomic mass is 10.1. The van der Waals surface area contributed by atoms with Gasteiger partial charge in [0, 0.05) is 32.7 Å². The largest absolute Gasteiger partial charge is 0.490 e. The summed E-state index contributed by atoms with van der Waals surface area (Å²) < 4.78 is 18.5. The van der Waals surface area contributed by atoms with Crippen molar-refractivity contribution in [3.63, 3.8) is 0 Å². The van der Waals surface area contributed by atoms with Crippen molar-refractivity contribution < 1.29 is 14.2 Å². The van der Waals surface area contributed by atoms with Crippen molar-refractivity contribution in [2.75, 3.05) is 33.4 Å². The van der Waals surface area contributed by atoms with Crippen molar-refractivity contribution in [1.82, 2.24) is 25.4 Å². The molecular weight excluding hydrogens is 408 g/mol. The van der Waals surface area contributed by atoms with E-state index < -0.39 is 0 Å². The molecule has 9 nitrogen and oxygen atoms in total. The van der Waals surface area contributed by atoms with Gasteiger partial charge in [-0.15, -0.1) is 0 Å². The molecule has 9 heteroatoms. The molecule has 0 bridgehead atoms. The van der Waals surface area contributed by atoms with Gasteiger partial charge in [-0.2, -0.15) is 5.10 Å². The van der Waals surface area contributed by atoms with E-state index in [1.807, 2.05) is 24.6 Å². The molecule has 0 spiro atoms. The molecule has 0 aliphatic carbocycles. The number of nitrogens with zero attached hydrogens (tertiary/aromatic N) is 4. The monoisotopic (exact) mass is 444 g/mol. The first-order chi connectivity index (χ1) is 15.7. The number of methoxy groups -OCH3 is 1. The van der Waals surface area contributed by atoms with Crippen molar-refractivity contribution in [1.29, 1.82) is 0 Å². The third kappa shape index (κ3) is 6.59. The lowest BCUT2D eigenvalue weighted by molar-refractivity contribution is 0.177. The van der Waals surface area contributed by atoms with Crippen LogP contribution in [0.3, 0.4) is 0 Å². The number of hydrogen-bond acceptors (Lipinski definition) is 6. The highest BCUT2D eigenvalue weighted by molar-refractivity contribution is 5.80. The van der Waals surface area contributed by atoms with Crippen LogP contribution in [0.1, 0.15) is 44.4 Å². The molecule has 1 atom stereocenters. The van der Waals surface area contributed by atoms with Crippen molar-refractivity contribution >= 4 is 5.96 Å². The fourth-order valence-corrected chi connectivity index (χ4v) is 3.73. The summed E-state index contributed by atoms with van der Waals surface area (Å²) in [5, 5.41) is 11.5. The highest BCUT2D eigenvalue weighted by atomic mass is 16.5. The lowest BCUT2D eigenvalue weighted by Gasteiger charge is -2.25. The minimum Gasteiger partial charge on any atom is -0.490 e. The van der Waals surface area contributed by atoms with E-state index >= 15 is 0 Å². The third-order valence-electron chi connectivity index (χ3n) is 5.14. The van der Waals surface area contributed by atoms with Crippen molar-refractivity contribution in [2.24, 2.45) is 4.99 Å². The zero-order valence-electron chi connectivity index (χ0n) is 19.7. The molecule has 1 aliphatic rings. The van der Waals surface area contributed by atoms with Gasteiger partial charge in [0.05, 0.1) is 19.8 Å². The maximum Gasteiger partial charge on any atom is 0.191 e. The summed E-state index contributed by atoms with van der Waals surface area (Å²) in [4.78, 5) is 9.33. The van der Waals surface area contributed by atoms with Gasteiger partial charge < -0.3 is 24.8 Å². The number of aromatic nitrogens is 3. The first-order valence-electron chi connectivity index (χ1n) is 11.5. The first-order valence-corrected chi connectivity index (χ1v) is 11.5. The second kappa shape index (κ2) is 12.3. The summed E-state index contributed by atoms with van der Waals surface area (Å²) >= 11 is 0. The number of aliphatic imine (C=N–C) groups is 1. The Morgan fingerprint density at radius 2 is 2.00 bits per heavy atom. The van der Waals surface area contributed by atoms with E-state index in [0.717, 1.165) is 61.5 Å². The lowest BCUT2D eigenvalue weighted by Crippen LogP contribution is -2.47. The second-order valence-electron chi connectivity index (χ2n) is 7.60. The molecule has 3 rings (SSSR count). The fraction of sp³-hybridized carbons (Fsp3) is 0.609. The molecule has 1 unspecified atom stereocenters. The molecule has 2 aromatic rings. The maximum absolute atomic E-state index is 5.74. The Kier molecular flexibility index (Phi) is 9.15. The molecule has 0 fully saturated rings. The molecule has 0 saturated carbocycles. The van der Waals surface area contributed by atoms with Crippen LogP contribution in [0.2, 0.25) is 0 Å². The van der Waals surface area contributed by atoms with Gasteiger partial charge in [-0.05, 0) is 51.3 Å². The van der Waals surface area contributed by atoms with E-state index in [2.05, 4.69) is 39.8 Å². The van der Waals surface area contributed by atoms with E-state index in [-0.39, 0.29) is 6.04 Å². The number of fused-ring (bicyclic) bond motifs is 1. The van der Waals surface area contributed by atoms with Crippen molar-refractivity contribution in [3.05, 3.63) is 35.4 Å². The van der Waals surface area contributed by atoms with Crippen LogP contribution < -0.4 is 20.1 Å². The molecule has 176 valence electrons. The average Bonchev–Trinajstić information content (AvgIpc) is 3.18. The number of aryl methyl sites for hydroxylation is 1. The van der Waals surface area contributed by atoms with Gasteiger partial charge >= 0.3 is 0 Å². The molecule has 2 heterocycles. The van der Waals surface area contributed by atoms with Gasteiger partial charge in [0.25, 0.3) is 0 Å². The predicted molar refractivity (Wildman–Crippen MR) is 124 cm³/mol. The summed E-state index contributed by atoms with van der Waals surface area (Å²) in [6.45, 7) is 9.95. The topological polar surface area (TPSA) is 94.8 Å². The van der Waals surface area contributed by atoms with Gasteiger partial charge in [0.15, 0.2) is 23.3 Å². The van der Waals surface area contributed by atoms with Gasteiger partial charge in [-0.3, -0.25) is 4.99 Å². The van der Waals surface area contributed by atoms with Crippen LogP contribution in [0.15, 0.2) is 23.2 Å². The smallest absolute Gasteiger partial charge is 0.191 e. The van der Waals surface area contributed by atoms with E-state index in [1.165, 1.54) is 5.56 Å². The summed E-state index contributed by atoms with van der Waals surface area (Å²) in [6, 6.07) is 6.36. The van der Waals surface area contributed by atoms with Crippen LogP contribution >= 0.6 is 0 Å². The Bertz CT molecular complexity index is 883. The zero-order chi connectivity index (χ0) is 22.8. The minimum absolute atomic E-state index is 0.257. The fourth-order valence-electron chi connectivity index (χ4n) is 3.73. The van der Waals surface area contributed by atoms with Gasteiger partial charge in [0.2, 0.25) is 0 Å². The van der Waals surface area contributed by atoms with Gasteiger partial charge in [-0.25, -0.2) is 9.67 Å². The Morgan fingerprint density at radius 3 is 2.75 bits per heavy atom. The van der Waals surface area contributed by atoms with Crippen LogP contribution in [-0.2, 0) is 30.7 Å². The number of ether oxygens (including phenoxy) is 3. The van der Waals surface area contributed by atoms with Gasteiger partial charge in [0.1, 0.15) is 12.4 Å². The summed E-state index contributed by atoms with van der Waals surface area (Å²) in [5.41, 5.74) is 1.17. The minimum atomic E-state index is 0.257. The van der Waals surface area contributed by atoms with Crippen LogP contribution in [0.5, 0.6) is 11.5 Å². The second-order valence-corrected chi connectivity index (χ2v) is 7.60. The molecule has 0 amide bonds. The Hall–Kier alpha value is -2.81. The quantitative estimate of drug-likeness (QED) is 0.406. The van der Waals surface area contributed by atoms with E-state index in [1.54, 1.807) is 7.11 Å². The van der Waals surface area contributed by atoms with Crippen LogP contribution in [0, 0.1) is 0 Å². The molecule has 32 heavy (non-hydrogen) atoms. The normalized spacial score (nSPS) is 15.9. The number of benzene rings is 1. The predicted octanol–water partition coefficient (Wildman–Crippen LogP) is 2.33. The Labute approximate surface area is 190 Å². The Balaban J connectivity index is 1.58. The van der Waals surface area contributed by atoms with Crippen molar-refractivity contribution in [3.8, 4) is 11.5 Å². The molecule has 1 aliphatic heterocycles. The number of guanidine groups is 1. The van der Waals surface area contributed by atoms with E-state index in [0.29, 0.717) is 26.4 Å². The van der Waals surface area contributed by atoms with E-state index in [9.17, 15) is 0 Å². The van der Waals surface area contributed by atoms with Crippen LogP contribution in [0.4, 0.5) is 0 Å². The maximum atomic E-state index is 5.74. The average molecular weight is 445 g/mol. The number of nitrogens with one attached hydrogen (secondary N) is 2. The molecule has 0 radical (unpaired) electrons. The molecule has 1 aromatic carbocycles. The summed E-state index contributed by atoms with van der Waals surface area (Å²) in [7, 11) is 1.66. The van der Waals surface area contributed by atoms with Crippen LogP contribution in [-0.4, -0.2) is 60.2 Å². The zero-order valence-corrected chi connectivity index (χ0v) is 19.7. The number of rotatable bonds is 11. The SMILES string of the molecule is CCNC(=NCCc1ccc(OCC)c(OCC)c1)NC1CCc2nc(COC)nn2C1. The highest BCUT2D eigenvalue weighted by Gasteiger charge is 2.22. The van der Waals surface area contributed by atoms with Crippen molar-refractivity contribution in [2.45, 2.75) is 59.2 Å². The number of hydrogen-bond donors (Lipinski definition) is 2. The standard InChI is InChI=1S/C23H36N6O3/c1-5-24-23(26-18-9-11-22-27-21(16-30-4)28-29(22)15-18)25-13-12-17-8-10-19(31-6-2)20(14-17)32-7-3/h8,10,14,18H,5-7,9,11-13,15-16H2,1-4H3,(H2,24,25,26).